The molecular weight excluding hydrogens is 210 g/mol. The minimum absolute atomic E-state index is 0.108. The summed E-state index contributed by atoms with van der Waals surface area (Å²) < 4.78 is 24.0. The van der Waals surface area contributed by atoms with Crippen LogP contribution in [0, 0.1) is 0 Å². The van der Waals surface area contributed by atoms with Crippen LogP contribution in [0.25, 0.3) is 0 Å². The Hall–Kier alpha value is -0.220. The summed E-state index contributed by atoms with van der Waals surface area (Å²) in [6.07, 6.45) is 2.17. The molecule has 0 saturated heterocycles. The molecule has 98 valence electrons. The first kappa shape index (κ1) is 15.8. The molecule has 0 aliphatic carbocycles. The minimum atomic E-state index is -2.21. The van der Waals surface area contributed by atoms with Gasteiger partial charge >= 0.3 is 0 Å². The first-order valence-corrected chi connectivity index (χ1v) is 6.26. The lowest BCUT2D eigenvalue weighted by molar-refractivity contribution is 0.0995. The predicted octanol–water partition coefficient (Wildman–Crippen LogP) is 2.74. The van der Waals surface area contributed by atoms with Gasteiger partial charge in [-0.15, -0.1) is 0 Å². The molecule has 0 rings (SSSR count). The highest BCUT2D eigenvalue weighted by molar-refractivity contribution is 4.61. The van der Waals surface area contributed by atoms with Crippen molar-refractivity contribution >= 4 is 0 Å². The SMILES string of the molecule is CCCNC(C)CCCCN(C)CC(F)F. The Morgan fingerprint density at radius 2 is 1.94 bits per heavy atom. The van der Waals surface area contributed by atoms with Crippen molar-refractivity contribution in [1.82, 2.24) is 10.2 Å². The highest BCUT2D eigenvalue weighted by Crippen LogP contribution is 2.03. The topological polar surface area (TPSA) is 15.3 Å². The van der Waals surface area contributed by atoms with Gasteiger partial charge in [-0.3, -0.25) is 0 Å². The summed E-state index contributed by atoms with van der Waals surface area (Å²) in [6.45, 7) is 6.05. The van der Waals surface area contributed by atoms with Crippen molar-refractivity contribution < 1.29 is 8.78 Å². The Bertz CT molecular complexity index is 154. The molecule has 1 N–H and O–H groups in total. The molecule has 1 unspecified atom stereocenters. The van der Waals surface area contributed by atoms with Gasteiger partial charge in [0.2, 0.25) is 0 Å². The summed E-state index contributed by atoms with van der Waals surface area (Å²) in [7, 11) is 1.75. The molecule has 0 heterocycles. The fourth-order valence-corrected chi connectivity index (χ4v) is 1.65. The molecule has 0 amide bonds. The van der Waals surface area contributed by atoms with E-state index in [-0.39, 0.29) is 6.54 Å². The molecular formula is C12H26F2N2. The van der Waals surface area contributed by atoms with Crippen molar-refractivity contribution in [3.05, 3.63) is 0 Å². The molecule has 0 aliphatic heterocycles. The molecule has 1 atom stereocenters. The quantitative estimate of drug-likeness (QED) is 0.587. The number of hydrogen-bond donors (Lipinski definition) is 1. The lowest BCUT2D eigenvalue weighted by Gasteiger charge is -2.17. The van der Waals surface area contributed by atoms with Crippen LogP contribution in [0.4, 0.5) is 8.78 Å². The molecule has 0 spiro atoms. The Morgan fingerprint density at radius 3 is 2.50 bits per heavy atom. The van der Waals surface area contributed by atoms with Crippen molar-refractivity contribution in [3.63, 3.8) is 0 Å². The number of nitrogens with one attached hydrogen (secondary N) is 1. The van der Waals surface area contributed by atoms with Crippen LogP contribution in [0.3, 0.4) is 0 Å². The summed E-state index contributed by atoms with van der Waals surface area (Å²) in [4.78, 5) is 1.70. The van der Waals surface area contributed by atoms with Crippen molar-refractivity contribution in [2.75, 3.05) is 26.7 Å². The zero-order chi connectivity index (χ0) is 12.4. The zero-order valence-electron chi connectivity index (χ0n) is 10.8. The van der Waals surface area contributed by atoms with Crippen LogP contribution in [-0.2, 0) is 0 Å². The van der Waals surface area contributed by atoms with Crippen LogP contribution in [0.1, 0.15) is 39.5 Å². The fourth-order valence-electron chi connectivity index (χ4n) is 1.65. The van der Waals surface area contributed by atoms with E-state index in [0.717, 1.165) is 38.8 Å². The zero-order valence-corrected chi connectivity index (χ0v) is 10.8. The molecule has 0 aromatic rings. The van der Waals surface area contributed by atoms with Crippen molar-refractivity contribution in [1.29, 1.82) is 0 Å². The third kappa shape index (κ3) is 10.3. The van der Waals surface area contributed by atoms with Crippen LogP contribution in [-0.4, -0.2) is 44.0 Å². The Balaban J connectivity index is 3.31. The van der Waals surface area contributed by atoms with Gasteiger partial charge in [-0.2, -0.15) is 0 Å². The maximum atomic E-state index is 12.0. The average molecular weight is 236 g/mol. The lowest BCUT2D eigenvalue weighted by atomic mass is 10.1. The Morgan fingerprint density at radius 1 is 1.25 bits per heavy atom. The number of nitrogens with zero attached hydrogens (tertiary/aromatic N) is 1. The van der Waals surface area contributed by atoms with Gasteiger partial charge in [0.1, 0.15) is 0 Å². The normalized spacial score (nSPS) is 13.7. The third-order valence-electron chi connectivity index (χ3n) is 2.62. The minimum Gasteiger partial charge on any atom is -0.314 e. The van der Waals surface area contributed by atoms with Crippen LogP contribution >= 0.6 is 0 Å². The number of halogens is 2. The second kappa shape index (κ2) is 9.97. The molecule has 2 nitrogen and oxygen atoms in total. The highest BCUT2D eigenvalue weighted by atomic mass is 19.3. The third-order valence-corrected chi connectivity index (χ3v) is 2.62. The van der Waals surface area contributed by atoms with Gasteiger partial charge in [0, 0.05) is 6.04 Å². The highest BCUT2D eigenvalue weighted by Gasteiger charge is 2.07. The largest absolute Gasteiger partial charge is 0.314 e. The van der Waals surface area contributed by atoms with Crippen LogP contribution < -0.4 is 5.32 Å². The van der Waals surface area contributed by atoms with E-state index in [4.69, 9.17) is 0 Å². The summed E-state index contributed by atoms with van der Waals surface area (Å²) in [6, 6.07) is 0.542. The predicted molar refractivity (Wildman–Crippen MR) is 65.1 cm³/mol. The van der Waals surface area contributed by atoms with Crippen molar-refractivity contribution in [3.8, 4) is 0 Å². The van der Waals surface area contributed by atoms with Gasteiger partial charge in [0.25, 0.3) is 6.43 Å². The van der Waals surface area contributed by atoms with E-state index < -0.39 is 6.43 Å². The summed E-state index contributed by atoms with van der Waals surface area (Å²) >= 11 is 0. The molecule has 16 heavy (non-hydrogen) atoms. The number of rotatable bonds is 10. The van der Waals surface area contributed by atoms with E-state index in [9.17, 15) is 8.78 Å². The van der Waals surface area contributed by atoms with Gasteiger partial charge in [-0.1, -0.05) is 13.3 Å². The fraction of sp³-hybridized carbons (Fsp3) is 1.00. The monoisotopic (exact) mass is 236 g/mol. The second-order valence-electron chi connectivity index (χ2n) is 4.50. The molecule has 0 radical (unpaired) electrons. The van der Waals surface area contributed by atoms with Gasteiger partial charge in [0.05, 0.1) is 6.54 Å². The second-order valence-corrected chi connectivity index (χ2v) is 4.50. The number of alkyl halides is 2. The maximum absolute atomic E-state index is 12.0. The lowest BCUT2D eigenvalue weighted by Crippen LogP contribution is -2.28. The van der Waals surface area contributed by atoms with E-state index in [0.29, 0.717) is 6.04 Å². The van der Waals surface area contributed by atoms with E-state index in [1.165, 1.54) is 0 Å². The summed E-state index contributed by atoms with van der Waals surface area (Å²) in [5.74, 6) is 0. The van der Waals surface area contributed by atoms with Gasteiger partial charge < -0.3 is 10.2 Å². The van der Waals surface area contributed by atoms with Gasteiger partial charge in [-0.05, 0) is 46.3 Å². The van der Waals surface area contributed by atoms with Crippen LogP contribution in [0.15, 0.2) is 0 Å². The van der Waals surface area contributed by atoms with E-state index >= 15 is 0 Å². The van der Waals surface area contributed by atoms with E-state index in [1.807, 2.05) is 0 Å². The average Bonchev–Trinajstić information content (AvgIpc) is 2.20. The molecule has 0 aliphatic rings. The smallest absolute Gasteiger partial charge is 0.251 e. The van der Waals surface area contributed by atoms with Gasteiger partial charge in [0.15, 0.2) is 0 Å². The Labute approximate surface area is 98.4 Å². The molecule has 0 aromatic heterocycles. The maximum Gasteiger partial charge on any atom is 0.251 e. The molecule has 0 bridgehead atoms. The molecule has 0 saturated carbocycles. The molecule has 0 aromatic carbocycles. The summed E-state index contributed by atoms with van der Waals surface area (Å²) in [5, 5.41) is 3.42. The van der Waals surface area contributed by atoms with E-state index in [2.05, 4.69) is 19.2 Å². The molecule has 4 heteroatoms. The van der Waals surface area contributed by atoms with Crippen molar-refractivity contribution in [2.45, 2.75) is 52.0 Å². The van der Waals surface area contributed by atoms with E-state index in [1.54, 1.807) is 11.9 Å². The molecule has 0 fully saturated rings. The standard InChI is InChI=1S/C12H26F2N2/c1-4-8-15-11(2)7-5-6-9-16(3)10-12(13)14/h11-12,15H,4-10H2,1-3H3. The number of hydrogen-bond acceptors (Lipinski definition) is 2. The van der Waals surface area contributed by atoms with Crippen molar-refractivity contribution in [2.24, 2.45) is 0 Å². The van der Waals surface area contributed by atoms with Gasteiger partial charge in [-0.25, -0.2) is 8.78 Å². The first-order chi connectivity index (χ1) is 7.56. The first-order valence-electron chi connectivity index (χ1n) is 6.26. The van der Waals surface area contributed by atoms with Crippen LogP contribution in [0.2, 0.25) is 0 Å². The summed E-state index contributed by atoms with van der Waals surface area (Å²) in [5.41, 5.74) is 0. The Kier molecular flexibility index (Phi) is 9.83. The number of unbranched alkanes of at least 4 members (excludes halogenated alkanes) is 1. The van der Waals surface area contributed by atoms with Crippen LogP contribution in [0.5, 0.6) is 0 Å².